The summed E-state index contributed by atoms with van der Waals surface area (Å²) < 4.78 is 29.8. The molecule has 0 spiro atoms. The maximum absolute atomic E-state index is 13.8. The number of hydrogen-bond acceptors (Lipinski definition) is 4. The minimum Gasteiger partial charge on any atom is -0.496 e. The topological polar surface area (TPSA) is 44.8 Å². The molecule has 0 N–H and O–H groups in total. The molecular weight excluding hydrogens is 390 g/mol. The number of methoxy groups -OCH3 is 2. The zero-order chi connectivity index (χ0) is 15.4. The third kappa shape index (κ3) is 3.26. The Hall–Kier alpha value is -1.83. The summed E-state index contributed by atoms with van der Waals surface area (Å²) >= 11 is 1.99. The van der Waals surface area contributed by atoms with E-state index in [1.54, 1.807) is 18.2 Å². The van der Waals surface area contributed by atoms with E-state index in [1.807, 2.05) is 22.6 Å². The van der Waals surface area contributed by atoms with Crippen LogP contribution in [0, 0.1) is 9.39 Å². The lowest BCUT2D eigenvalue weighted by Gasteiger charge is -2.11. The van der Waals surface area contributed by atoms with Crippen LogP contribution in [0.3, 0.4) is 0 Å². The van der Waals surface area contributed by atoms with Crippen molar-refractivity contribution in [1.29, 1.82) is 0 Å². The number of rotatable bonds is 4. The second kappa shape index (κ2) is 6.75. The summed E-state index contributed by atoms with van der Waals surface area (Å²) in [6.45, 7) is 0. The molecule has 21 heavy (non-hydrogen) atoms. The van der Waals surface area contributed by atoms with Gasteiger partial charge in [0.15, 0.2) is 0 Å². The van der Waals surface area contributed by atoms with E-state index in [0.29, 0.717) is 15.1 Å². The molecule has 4 nitrogen and oxygen atoms in total. The molecule has 0 aliphatic rings. The average Bonchev–Trinajstić information content (AvgIpc) is 2.48. The predicted molar refractivity (Wildman–Crippen MR) is 83.6 cm³/mol. The number of carbonyl (C=O) groups is 1. The van der Waals surface area contributed by atoms with Crippen molar-refractivity contribution >= 4 is 28.6 Å². The molecule has 2 aromatic carbocycles. The molecule has 2 aromatic rings. The number of halogens is 2. The fraction of sp³-hybridized carbons (Fsp3) is 0.133. The van der Waals surface area contributed by atoms with Crippen LogP contribution in [0.2, 0.25) is 0 Å². The van der Waals surface area contributed by atoms with Crippen molar-refractivity contribution in [3.63, 3.8) is 0 Å². The molecule has 0 aliphatic heterocycles. The van der Waals surface area contributed by atoms with Crippen LogP contribution >= 0.6 is 22.6 Å². The predicted octanol–water partition coefficient (Wildman–Crippen LogP) is 3.67. The summed E-state index contributed by atoms with van der Waals surface area (Å²) in [5, 5.41) is 0. The fourth-order valence-corrected chi connectivity index (χ4v) is 2.44. The maximum Gasteiger partial charge on any atom is 0.350 e. The molecule has 2 rings (SSSR count). The Balaban J connectivity index is 2.35. The standard InChI is InChI=1S/C15H12FIO4/c1-19-10-6-3-5-9(16)13(10)15(18)21-12-8-4-7-11(20-2)14(12)17/h3-8H,1-2H3. The van der Waals surface area contributed by atoms with Crippen molar-refractivity contribution in [2.24, 2.45) is 0 Å². The maximum atomic E-state index is 13.8. The third-order valence-corrected chi connectivity index (χ3v) is 3.81. The van der Waals surface area contributed by atoms with Crippen LogP contribution in [-0.4, -0.2) is 20.2 Å². The Morgan fingerprint density at radius 3 is 2.24 bits per heavy atom. The summed E-state index contributed by atoms with van der Waals surface area (Å²) in [7, 11) is 2.88. The number of ether oxygens (including phenoxy) is 3. The zero-order valence-corrected chi connectivity index (χ0v) is 13.5. The van der Waals surface area contributed by atoms with Gasteiger partial charge >= 0.3 is 5.97 Å². The smallest absolute Gasteiger partial charge is 0.350 e. The first-order valence-corrected chi connectivity index (χ1v) is 7.03. The second-order valence-corrected chi connectivity index (χ2v) is 5.06. The van der Waals surface area contributed by atoms with Gasteiger partial charge in [0.2, 0.25) is 0 Å². The van der Waals surface area contributed by atoms with E-state index < -0.39 is 11.8 Å². The molecule has 0 radical (unpaired) electrons. The molecule has 0 amide bonds. The van der Waals surface area contributed by atoms with Crippen molar-refractivity contribution in [1.82, 2.24) is 0 Å². The summed E-state index contributed by atoms with van der Waals surface area (Å²) in [5.74, 6) is -0.530. The van der Waals surface area contributed by atoms with Gasteiger partial charge in [-0.25, -0.2) is 9.18 Å². The van der Waals surface area contributed by atoms with Crippen LogP contribution in [0.4, 0.5) is 4.39 Å². The van der Waals surface area contributed by atoms with Crippen molar-refractivity contribution in [2.45, 2.75) is 0 Å². The van der Waals surface area contributed by atoms with Gasteiger partial charge < -0.3 is 14.2 Å². The fourth-order valence-electron chi connectivity index (χ4n) is 1.75. The molecule has 0 bridgehead atoms. The minimum atomic E-state index is -0.823. The van der Waals surface area contributed by atoms with Gasteiger partial charge in [-0.1, -0.05) is 12.1 Å². The lowest BCUT2D eigenvalue weighted by molar-refractivity contribution is 0.0724. The van der Waals surface area contributed by atoms with Gasteiger partial charge in [-0.15, -0.1) is 0 Å². The molecule has 0 saturated carbocycles. The van der Waals surface area contributed by atoms with Crippen LogP contribution in [0.1, 0.15) is 10.4 Å². The van der Waals surface area contributed by atoms with Gasteiger partial charge in [0.25, 0.3) is 0 Å². The lowest BCUT2D eigenvalue weighted by atomic mass is 10.2. The average molecular weight is 402 g/mol. The van der Waals surface area contributed by atoms with Crippen molar-refractivity contribution in [3.05, 3.63) is 51.3 Å². The number of carbonyl (C=O) groups excluding carboxylic acids is 1. The number of esters is 1. The third-order valence-electron chi connectivity index (χ3n) is 2.75. The first kappa shape index (κ1) is 15.6. The van der Waals surface area contributed by atoms with Crippen molar-refractivity contribution < 1.29 is 23.4 Å². The lowest BCUT2D eigenvalue weighted by Crippen LogP contribution is -2.13. The summed E-state index contributed by atoms with van der Waals surface area (Å²) in [6, 6.07) is 9.16. The Labute approximate surface area is 135 Å². The van der Waals surface area contributed by atoms with Gasteiger partial charge in [0.1, 0.15) is 28.6 Å². The molecule has 0 atom stereocenters. The van der Waals surface area contributed by atoms with E-state index in [4.69, 9.17) is 14.2 Å². The van der Waals surface area contributed by atoms with Gasteiger partial charge in [-0.05, 0) is 46.9 Å². The summed E-state index contributed by atoms with van der Waals surface area (Å²) in [6.07, 6.45) is 0. The summed E-state index contributed by atoms with van der Waals surface area (Å²) in [5.41, 5.74) is -0.237. The largest absolute Gasteiger partial charge is 0.496 e. The van der Waals surface area contributed by atoms with Gasteiger partial charge in [-0.2, -0.15) is 0 Å². The second-order valence-electron chi connectivity index (χ2n) is 3.98. The SMILES string of the molecule is COc1cccc(OC(=O)c2c(F)cccc2OC)c1I. The Kier molecular flexibility index (Phi) is 5.00. The molecule has 0 fully saturated rings. The van der Waals surface area contributed by atoms with Gasteiger partial charge in [0, 0.05) is 0 Å². The van der Waals surface area contributed by atoms with Gasteiger partial charge in [0.05, 0.1) is 17.8 Å². The zero-order valence-electron chi connectivity index (χ0n) is 11.4. The quantitative estimate of drug-likeness (QED) is 0.445. The molecular formula is C15H12FIO4. The first-order valence-electron chi connectivity index (χ1n) is 5.95. The highest BCUT2D eigenvalue weighted by Crippen LogP contribution is 2.31. The van der Waals surface area contributed by atoms with Crippen molar-refractivity contribution in [3.8, 4) is 17.2 Å². The van der Waals surface area contributed by atoms with Crippen molar-refractivity contribution in [2.75, 3.05) is 14.2 Å². The molecule has 0 aliphatic carbocycles. The minimum absolute atomic E-state index is 0.123. The highest BCUT2D eigenvalue weighted by molar-refractivity contribution is 14.1. The van der Waals surface area contributed by atoms with E-state index in [1.165, 1.54) is 32.4 Å². The molecule has 110 valence electrons. The van der Waals surface area contributed by atoms with E-state index in [0.717, 1.165) is 0 Å². The summed E-state index contributed by atoms with van der Waals surface area (Å²) in [4.78, 5) is 12.2. The Bertz CT molecular complexity index is 673. The van der Waals surface area contributed by atoms with Crippen LogP contribution in [0.15, 0.2) is 36.4 Å². The molecule has 0 unspecified atom stereocenters. The highest BCUT2D eigenvalue weighted by atomic mass is 127. The van der Waals surface area contributed by atoms with Crippen LogP contribution in [0.5, 0.6) is 17.2 Å². The van der Waals surface area contributed by atoms with Gasteiger partial charge in [-0.3, -0.25) is 0 Å². The number of hydrogen-bond donors (Lipinski definition) is 0. The van der Waals surface area contributed by atoms with Crippen LogP contribution < -0.4 is 14.2 Å². The van der Waals surface area contributed by atoms with E-state index in [-0.39, 0.29) is 11.3 Å². The molecule has 0 saturated heterocycles. The molecule has 6 heteroatoms. The molecule has 0 heterocycles. The van der Waals surface area contributed by atoms with E-state index in [9.17, 15) is 9.18 Å². The van der Waals surface area contributed by atoms with E-state index >= 15 is 0 Å². The van der Waals surface area contributed by atoms with E-state index in [2.05, 4.69) is 0 Å². The first-order chi connectivity index (χ1) is 10.1. The molecule has 0 aromatic heterocycles. The highest BCUT2D eigenvalue weighted by Gasteiger charge is 2.21. The Morgan fingerprint density at radius 1 is 1.00 bits per heavy atom. The van der Waals surface area contributed by atoms with Crippen LogP contribution in [-0.2, 0) is 0 Å². The number of benzene rings is 2. The normalized spacial score (nSPS) is 10.1. The monoisotopic (exact) mass is 402 g/mol. The Morgan fingerprint density at radius 2 is 1.57 bits per heavy atom. The van der Waals surface area contributed by atoms with Crippen LogP contribution in [0.25, 0.3) is 0 Å².